The van der Waals surface area contributed by atoms with Crippen LogP contribution in [0.4, 0.5) is 0 Å². The van der Waals surface area contributed by atoms with Crippen molar-refractivity contribution in [1.82, 2.24) is 15.1 Å². The molecular weight excluding hydrogens is 302 g/mol. The molecule has 2 heterocycles. The standard InChI is InChI=1S/C16H28ClN3S/c1-4-14-16(17)15(20(3)19-14)11-13(18-5-2)10-12-6-8-21-9-7-12/h12-13,18H,4-11H2,1-3H3. The van der Waals surface area contributed by atoms with Crippen LogP contribution in [0.2, 0.25) is 5.02 Å². The van der Waals surface area contributed by atoms with E-state index in [4.69, 9.17) is 11.6 Å². The minimum atomic E-state index is 0.515. The van der Waals surface area contributed by atoms with Crippen LogP contribution in [-0.2, 0) is 19.9 Å². The summed E-state index contributed by atoms with van der Waals surface area (Å²) in [4.78, 5) is 0. The predicted molar refractivity (Wildman–Crippen MR) is 93.4 cm³/mol. The summed E-state index contributed by atoms with van der Waals surface area (Å²) >= 11 is 8.60. The van der Waals surface area contributed by atoms with Crippen LogP contribution >= 0.6 is 23.4 Å². The Morgan fingerprint density at radius 1 is 1.38 bits per heavy atom. The summed E-state index contributed by atoms with van der Waals surface area (Å²) in [6.45, 7) is 5.31. The highest BCUT2D eigenvalue weighted by Gasteiger charge is 2.22. The quantitative estimate of drug-likeness (QED) is 0.827. The number of aromatic nitrogens is 2. The lowest BCUT2D eigenvalue weighted by atomic mass is 9.92. The van der Waals surface area contributed by atoms with Gasteiger partial charge in [-0.2, -0.15) is 16.9 Å². The Labute approximate surface area is 138 Å². The highest BCUT2D eigenvalue weighted by molar-refractivity contribution is 7.99. The zero-order valence-electron chi connectivity index (χ0n) is 13.5. The van der Waals surface area contributed by atoms with Crippen molar-refractivity contribution >= 4 is 23.4 Å². The van der Waals surface area contributed by atoms with Crippen LogP contribution in [0.15, 0.2) is 0 Å². The van der Waals surface area contributed by atoms with Gasteiger partial charge in [0.15, 0.2) is 0 Å². The molecule has 1 N–H and O–H groups in total. The van der Waals surface area contributed by atoms with E-state index in [0.717, 1.165) is 36.0 Å². The summed E-state index contributed by atoms with van der Waals surface area (Å²) in [7, 11) is 2.01. The summed E-state index contributed by atoms with van der Waals surface area (Å²) in [5.41, 5.74) is 2.21. The van der Waals surface area contributed by atoms with Crippen molar-refractivity contribution in [3.63, 3.8) is 0 Å². The number of likely N-dealkylation sites (N-methyl/N-ethyl adjacent to an activating group) is 1. The Morgan fingerprint density at radius 3 is 2.67 bits per heavy atom. The molecule has 1 unspecified atom stereocenters. The van der Waals surface area contributed by atoms with Gasteiger partial charge in [0.05, 0.1) is 16.4 Å². The summed E-state index contributed by atoms with van der Waals surface area (Å²) in [6, 6.07) is 0.515. The van der Waals surface area contributed by atoms with Gasteiger partial charge in [0, 0.05) is 19.5 Å². The first-order valence-corrected chi connectivity index (χ1v) is 9.70. The van der Waals surface area contributed by atoms with Crippen LogP contribution in [-0.4, -0.2) is 33.9 Å². The molecule has 1 fully saturated rings. The zero-order valence-corrected chi connectivity index (χ0v) is 15.1. The predicted octanol–water partition coefficient (Wildman–Crippen LogP) is 3.69. The molecule has 0 aliphatic carbocycles. The van der Waals surface area contributed by atoms with Crippen molar-refractivity contribution in [2.24, 2.45) is 13.0 Å². The minimum absolute atomic E-state index is 0.515. The molecule has 1 aromatic rings. The minimum Gasteiger partial charge on any atom is -0.314 e. The van der Waals surface area contributed by atoms with Gasteiger partial charge in [0.1, 0.15) is 0 Å². The van der Waals surface area contributed by atoms with E-state index in [2.05, 4.69) is 36.0 Å². The van der Waals surface area contributed by atoms with Crippen LogP contribution in [0.5, 0.6) is 0 Å². The molecule has 0 spiro atoms. The second-order valence-electron chi connectivity index (χ2n) is 5.93. The maximum absolute atomic E-state index is 6.50. The van der Waals surface area contributed by atoms with Crippen LogP contribution in [0.3, 0.4) is 0 Å². The number of hydrogen-bond acceptors (Lipinski definition) is 3. The first kappa shape index (κ1) is 17.2. The Kier molecular flexibility index (Phi) is 6.90. The molecule has 120 valence electrons. The third-order valence-corrected chi connectivity index (χ3v) is 5.88. The number of thioether (sulfide) groups is 1. The normalized spacial score (nSPS) is 18.1. The molecule has 0 radical (unpaired) electrons. The Morgan fingerprint density at radius 2 is 2.10 bits per heavy atom. The van der Waals surface area contributed by atoms with Crippen molar-refractivity contribution in [2.45, 2.75) is 52.0 Å². The molecule has 1 atom stereocenters. The number of rotatable bonds is 7. The van der Waals surface area contributed by atoms with E-state index in [1.165, 1.54) is 36.5 Å². The largest absolute Gasteiger partial charge is 0.314 e. The van der Waals surface area contributed by atoms with E-state index in [1.807, 2.05) is 11.7 Å². The van der Waals surface area contributed by atoms with E-state index >= 15 is 0 Å². The number of halogens is 1. The van der Waals surface area contributed by atoms with E-state index in [0.29, 0.717) is 6.04 Å². The van der Waals surface area contributed by atoms with Crippen molar-refractivity contribution in [3.8, 4) is 0 Å². The van der Waals surface area contributed by atoms with Gasteiger partial charge in [0.25, 0.3) is 0 Å². The van der Waals surface area contributed by atoms with Crippen LogP contribution < -0.4 is 5.32 Å². The van der Waals surface area contributed by atoms with Crippen LogP contribution in [0.25, 0.3) is 0 Å². The van der Waals surface area contributed by atoms with Gasteiger partial charge in [-0.3, -0.25) is 4.68 Å². The molecule has 0 bridgehead atoms. The molecule has 1 aliphatic rings. The molecule has 1 aromatic heterocycles. The molecule has 1 aliphatic heterocycles. The number of aryl methyl sites for hydroxylation is 2. The van der Waals surface area contributed by atoms with Gasteiger partial charge in [-0.15, -0.1) is 0 Å². The fraction of sp³-hybridized carbons (Fsp3) is 0.812. The molecule has 5 heteroatoms. The van der Waals surface area contributed by atoms with Crippen molar-refractivity contribution in [1.29, 1.82) is 0 Å². The topological polar surface area (TPSA) is 29.9 Å². The highest BCUT2D eigenvalue weighted by atomic mass is 35.5. The smallest absolute Gasteiger partial charge is 0.0850 e. The van der Waals surface area contributed by atoms with E-state index in [9.17, 15) is 0 Å². The van der Waals surface area contributed by atoms with Gasteiger partial charge < -0.3 is 5.32 Å². The monoisotopic (exact) mass is 329 g/mol. The second kappa shape index (κ2) is 8.44. The third kappa shape index (κ3) is 4.64. The summed E-state index contributed by atoms with van der Waals surface area (Å²) in [5, 5.41) is 9.07. The Balaban J connectivity index is 2.03. The maximum Gasteiger partial charge on any atom is 0.0850 e. The van der Waals surface area contributed by atoms with E-state index < -0.39 is 0 Å². The van der Waals surface area contributed by atoms with Crippen molar-refractivity contribution in [2.75, 3.05) is 18.1 Å². The fourth-order valence-corrected chi connectivity index (χ4v) is 4.76. The lowest BCUT2D eigenvalue weighted by molar-refractivity contribution is 0.362. The van der Waals surface area contributed by atoms with E-state index in [1.54, 1.807) is 0 Å². The SMILES string of the molecule is CCNC(Cc1c(Cl)c(CC)nn1C)CC1CCSCC1. The van der Waals surface area contributed by atoms with E-state index in [-0.39, 0.29) is 0 Å². The lowest BCUT2D eigenvalue weighted by Crippen LogP contribution is -2.34. The number of nitrogens with zero attached hydrogens (tertiary/aromatic N) is 2. The van der Waals surface area contributed by atoms with Crippen LogP contribution in [0, 0.1) is 5.92 Å². The zero-order chi connectivity index (χ0) is 15.2. The average Bonchev–Trinajstić information content (AvgIpc) is 2.76. The molecule has 21 heavy (non-hydrogen) atoms. The first-order chi connectivity index (χ1) is 10.2. The first-order valence-electron chi connectivity index (χ1n) is 8.17. The summed E-state index contributed by atoms with van der Waals surface area (Å²) < 4.78 is 1.97. The third-order valence-electron chi connectivity index (χ3n) is 4.39. The fourth-order valence-electron chi connectivity index (χ4n) is 3.19. The molecular formula is C16H28ClN3S. The molecule has 0 amide bonds. The Hall–Kier alpha value is -0.190. The van der Waals surface area contributed by atoms with Crippen molar-refractivity contribution in [3.05, 3.63) is 16.4 Å². The van der Waals surface area contributed by atoms with Gasteiger partial charge in [-0.1, -0.05) is 25.4 Å². The molecule has 3 nitrogen and oxygen atoms in total. The van der Waals surface area contributed by atoms with Gasteiger partial charge in [0.2, 0.25) is 0 Å². The highest BCUT2D eigenvalue weighted by Crippen LogP contribution is 2.28. The summed E-state index contributed by atoms with van der Waals surface area (Å²) in [6.07, 6.45) is 5.88. The average molecular weight is 330 g/mol. The number of nitrogens with one attached hydrogen (secondary N) is 1. The number of hydrogen-bond donors (Lipinski definition) is 1. The van der Waals surface area contributed by atoms with Gasteiger partial charge >= 0.3 is 0 Å². The molecule has 0 saturated carbocycles. The van der Waals surface area contributed by atoms with Gasteiger partial charge in [-0.25, -0.2) is 0 Å². The summed E-state index contributed by atoms with van der Waals surface area (Å²) in [5.74, 6) is 3.53. The lowest BCUT2D eigenvalue weighted by Gasteiger charge is -2.27. The molecule has 2 rings (SSSR count). The van der Waals surface area contributed by atoms with Gasteiger partial charge in [-0.05, 0) is 49.7 Å². The molecule has 1 saturated heterocycles. The Bertz CT molecular complexity index is 441. The van der Waals surface area contributed by atoms with Crippen LogP contribution in [0.1, 0.15) is 44.5 Å². The maximum atomic E-state index is 6.50. The van der Waals surface area contributed by atoms with Crippen molar-refractivity contribution < 1.29 is 0 Å². The second-order valence-corrected chi connectivity index (χ2v) is 7.54. The molecule has 0 aromatic carbocycles.